The number of hydrogen-bond acceptors (Lipinski definition) is 5. The fraction of sp³-hybridized carbons (Fsp3) is 0.261. The molecule has 0 spiro atoms. The first-order chi connectivity index (χ1) is 14.7. The number of ether oxygens (including phenoxy) is 1. The zero-order valence-electron chi connectivity index (χ0n) is 16.7. The highest BCUT2D eigenvalue weighted by Crippen LogP contribution is 2.32. The number of rotatable bonds is 6. The normalized spacial score (nSPS) is 18.1. The topological polar surface area (TPSA) is 94.0 Å². The van der Waals surface area contributed by atoms with Crippen LogP contribution in [0.4, 0.5) is 0 Å². The van der Waals surface area contributed by atoms with Gasteiger partial charge in [-0.15, -0.1) is 0 Å². The smallest absolute Gasteiger partial charge is 0.269 e. The molecule has 0 aliphatic carbocycles. The summed E-state index contributed by atoms with van der Waals surface area (Å²) >= 11 is 0. The minimum atomic E-state index is -0.224. The molecule has 2 atom stereocenters. The Labute approximate surface area is 175 Å². The summed E-state index contributed by atoms with van der Waals surface area (Å²) in [4.78, 5) is 14.5. The Morgan fingerprint density at radius 1 is 1.23 bits per heavy atom. The van der Waals surface area contributed by atoms with E-state index in [1.807, 2.05) is 54.6 Å². The van der Waals surface area contributed by atoms with Crippen LogP contribution in [-0.4, -0.2) is 40.1 Å². The van der Waals surface area contributed by atoms with E-state index in [0.29, 0.717) is 30.2 Å². The van der Waals surface area contributed by atoms with E-state index in [-0.39, 0.29) is 17.9 Å². The Balaban J connectivity index is 1.51. The Morgan fingerprint density at radius 2 is 2.00 bits per heavy atom. The van der Waals surface area contributed by atoms with Gasteiger partial charge in [0.25, 0.3) is 5.91 Å². The summed E-state index contributed by atoms with van der Waals surface area (Å²) in [6, 6.07) is 18.8. The third-order valence-corrected chi connectivity index (χ3v) is 5.38. The van der Waals surface area contributed by atoms with Crippen molar-refractivity contribution in [1.82, 2.24) is 20.4 Å². The lowest BCUT2D eigenvalue weighted by Crippen LogP contribution is -2.40. The number of aromatic nitrogens is 2. The van der Waals surface area contributed by atoms with E-state index in [1.54, 1.807) is 11.0 Å². The molecular weight excluding hydrogens is 378 g/mol. The van der Waals surface area contributed by atoms with E-state index in [2.05, 4.69) is 28.6 Å². The maximum absolute atomic E-state index is 12.8. The molecule has 1 aliphatic rings. The number of carbonyl (C=O) groups is 1. The number of H-pyrrole nitrogens is 1. The Bertz CT molecular complexity index is 1060. The van der Waals surface area contributed by atoms with Gasteiger partial charge in [-0.25, -0.2) is 0 Å². The van der Waals surface area contributed by atoms with Gasteiger partial charge in [-0.3, -0.25) is 9.89 Å². The summed E-state index contributed by atoms with van der Waals surface area (Å²) in [5.74, 6) is 1.43. The van der Waals surface area contributed by atoms with Crippen LogP contribution in [0.15, 0.2) is 60.7 Å². The van der Waals surface area contributed by atoms with E-state index in [4.69, 9.17) is 10.00 Å². The molecule has 30 heavy (non-hydrogen) atoms. The van der Waals surface area contributed by atoms with Crippen molar-refractivity contribution in [3.8, 4) is 28.9 Å². The zero-order valence-corrected chi connectivity index (χ0v) is 16.7. The van der Waals surface area contributed by atoms with E-state index < -0.39 is 0 Å². The highest BCUT2D eigenvalue weighted by molar-refractivity contribution is 5.93. The minimum Gasteiger partial charge on any atom is -0.457 e. The van der Waals surface area contributed by atoms with Gasteiger partial charge in [-0.05, 0) is 42.7 Å². The lowest BCUT2D eigenvalue weighted by Gasteiger charge is -2.17. The van der Waals surface area contributed by atoms with E-state index >= 15 is 0 Å². The van der Waals surface area contributed by atoms with Crippen molar-refractivity contribution in [1.29, 1.82) is 5.26 Å². The monoisotopic (exact) mass is 401 g/mol. The molecule has 2 heterocycles. The van der Waals surface area contributed by atoms with Crippen molar-refractivity contribution >= 4 is 5.91 Å². The fourth-order valence-corrected chi connectivity index (χ4v) is 3.74. The summed E-state index contributed by atoms with van der Waals surface area (Å²) in [5.41, 5.74) is 1.80. The van der Waals surface area contributed by atoms with Crippen LogP contribution in [0.25, 0.3) is 11.3 Å². The summed E-state index contributed by atoms with van der Waals surface area (Å²) < 4.78 is 6.00. The van der Waals surface area contributed by atoms with E-state index in [9.17, 15) is 4.79 Å². The number of nitriles is 1. The van der Waals surface area contributed by atoms with Crippen molar-refractivity contribution in [2.24, 2.45) is 5.92 Å². The van der Waals surface area contributed by atoms with E-state index in [0.717, 1.165) is 17.7 Å². The van der Waals surface area contributed by atoms with Crippen LogP contribution in [0.5, 0.6) is 11.5 Å². The largest absolute Gasteiger partial charge is 0.457 e. The maximum Gasteiger partial charge on any atom is 0.269 e. The summed E-state index contributed by atoms with van der Waals surface area (Å²) in [7, 11) is 0. The number of benzene rings is 2. The molecular formula is C23H23N5O2. The number of carbonyl (C=O) groups excluding carboxylic acids is 1. The first kappa shape index (κ1) is 19.5. The molecule has 1 aromatic heterocycles. The average molecular weight is 401 g/mol. The molecule has 7 nitrogen and oxygen atoms in total. The number of aromatic amines is 1. The van der Waals surface area contributed by atoms with Crippen LogP contribution >= 0.6 is 0 Å². The predicted octanol–water partition coefficient (Wildman–Crippen LogP) is 3.79. The number of likely N-dealkylation sites (tertiary alicyclic amines) is 1. The first-order valence-corrected chi connectivity index (χ1v) is 10.0. The molecule has 0 bridgehead atoms. The SMILES string of the molecule is CC[C@H]1CN(C#N)C[C@@H]1NC(=O)c1cc(-c2ccccc2Oc2ccccc2)n[nH]1. The molecule has 152 valence electrons. The quantitative estimate of drug-likeness (QED) is 0.613. The maximum atomic E-state index is 12.8. The predicted molar refractivity (Wildman–Crippen MR) is 113 cm³/mol. The van der Waals surface area contributed by atoms with Crippen LogP contribution in [0.1, 0.15) is 23.8 Å². The second-order valence-corrected chi connectivity index (χ2v) is 7.33. The fourth-order valence-electron chi connectivity index (χ4n) is 3.74. The number of para-hydroxylation sites is 2. The van der Waals surface area contributed by atoms with Crippen molar-refractivity contribution in [3.63, 3.8) is 0 Å². The molecule has 2 N–H and O–H groups in total. The molecule has 0 radical (unpaired) electrons. The van der Waals surface area contributed by atoms with Gasteiger partial charge in [-0.1, -0.05) is 37.3 Å². The first-order valence-electron chi connectivity index (χ1n) is 10.0. The highest BCUT2D eigenvalue weighted by Gasteiger charge is 2.32. The van der Waals surface area contributed by atoms with Gasteiger partial charge in [0.05, 0.1) is 11.7 Å². The molecule has 1 aliphatic heterocycles. The second-order valence-electron chi connectivity index (χ2n) is 7.33. The molecule has 2 aromatic carbocycles. The van der Waals surface area contributed by atoms with Gasteiger partial charge < -0.3 is 15.0 Å². The number of amides is 1. The van der Waals surface area contributed by atoms with E-state index in [1.165, 1.54) is 0 Å². The van der Waals surface area contributed by atoms with Crippen LogP contribution in [0.3, 0.4) is 0 Å². The van der Waals surface area contributed by atoms with Gasteiger partial charge in [0.2, 0.25) is 0 Å². The van der Waals surface area contributed by atoms with Crippen molar-refractivity contribution < 1.29 is 9.53 Å². The van der Waals surface area contributed by atoms with Crippen LogP contribution < -0.4 is 10.1 Å². The molecule has 1 saturated heterocycles. The van der Waals surface area contributed by atoms with Crippen molar-refractivity contribution in [2.75, 3.05) is 13.1 Å². The molecule has 1 fully saturated rings. The summed E-state index contributed by atoms with van der Waals surface area (Å²) in [5, 5.41) is 19.3. The molecule has 3 aromatic rings. The number of nitrogens with zero attached hydrogens (tertiary/aromatic N) is 3. The Kier molecular flexibility index (Phi) is 5.66. The lowest BCUT2D eigenvalue weighted by atomic mass is 10.0. The summed E-state index contributed by atoms with van der Waals surface area (Å²) in [6.07, 6.45) is 3.08. The molecule has 0 saturated carbocycles. The molecule has 0 unspecified atom stereocenters. The molecule has 7 heteroatoms. The summed E-state index contributed by atoms with van der Waals surface area (Å²) in [6.45, 7) is 3.29. The van der Waals surface area contributed by atoms with Crippen molar-refractivity contribution in [2.45, 2.75) is 19.4 Å². The Hall–Kier alpha value is -3.79. The molecule has 4 rings (SSSR count). The van der Waals surface area contributed by atoms with Crippen LogP contribution in [-0.2, 0) is 0 Å². The van der Waals surface area contributed by atoms with Crippen LogP contribution in [0, 0.1) is 17.4 Å². The minimum absolute atomic E-state index is 0.0531. The number of hydrogen-bond donors (Lipinski definition) is 2. The Morgan fingerprint density at radius 3 is 2.77 bits per heavy atom. The second kappa shape index (κ2) is 8.70. The van der Waals surface area contributed by atoms with Crippen LogP contribution in [0.2, 0.25) is 0 Å². The van der Waals surface area contributed by atoms with Gasteiger partial charge in [-0.2, -0.15) is 10.4 Å². The highest BCUT2D eigenvalue weighted by atomic mass is 16.5. The van der Waals surface area contributed by atoms with Gasteiger partial charge in [0.15, 0.2) is 6.19 Å². The standard InChI is InChI=1S/C23H23N5O2/c1-2-16-13-28(15-24)14-21(16)25-23(29)20-12-19(26-27-20)18-10-6-7-11-22(18)30-17-8-4-3-5-9-17/h3-12,16,21H,2,13-14H2,1H3,(H,25,29)(H,26,27)/t16-,21-/m0/s1. The third-order valence-electron chi connectivity index (χ3n) is 5.38. The average Bonchev–Trinajstić information content (AvgIpc) is 3.42. The van der Waals surface area contributed by atoms with Crippen molar-refractivity contribution in [3.05, 3.63) is 66.4 Å². The number of nitrogens with one attached hydrogen (secondary N) is 2. The van der Waals surface area contributed by atoms with Gasteiger partial charge in [0, 0.05) is 18.7 Å². The van der Waals surface area contributed by atoms with Gasteiger partial charge >= 0.3 is 0 Å². The zero-order chi connectivity index (χ0) is 20.9. The lowest BCUT2D eigenvalue weighted by molar-refractivity contribution is 0.0925. The third kappa shape index (κ3) is 4.13. The van der Waals surface area contributed by atoms with Gasteiger partial charge in [0.1, 0.15) is 17.2 Å². The molecule has 1 amide bonds.